The molecule has 3 heterocycles. The first kappa shape index (κ1) is 14.2. The Morgan fingerprint density at radius 1 is 1.50 bits per heavy atom. The van der Waals surface area contributed by atoms with E-state index in [1.165, 1.54) is 0 Å². The van der Waals surface area contributed by atoms with E-state index in [0.29, 0.717) is 19.0 Å². The summed E-state index contributed by atoms with van der Waals surface area (Å²) in [5.41, 5.74) is 0. The van der Waals surface area contributed by atoms with Gasteiger partial charge in [-0.25, -0.2) is 13.4 Å². The van der Waals surface area contributed by atoms with Crippen LogP contribution in [-0.2, 0) is 10.0 Å². The van der Waals surface area contributed by atoms with Gasteiger partial charge in [0.15, 0.2) is 0 Å². The Morgan fingerprint density at radius 3 is 2.95 bits per heavy atom. The fourth-order valence-corrected chi connectivity index (χ4v) is 5.60. The van der Waals surface area contributed by atoms with Crippen LogP contribution in [0.3, 0.4) is 0 Å². The van der Waals surface area contributed by atoms with Gasteiger partial charge in [0.1, 0.15) is 6.10 Å². The molecule has 2 saturated heterocycles. The second-order valence-corrected chi connectivity index (χ2v) is 9.02. The first-order valence-electron chi connectivity index (χ1n) is 6.72. The van der Waals surface area contributed by atoms with Crippen LogP contribution in [0.4, 0.5) is 0 Å². The van der Waals surface area contributed by atoms with Crippen LogP contribution in [0.1, 0.15) is 13.3 Å². The summed E-state index contributed by atoms with van der Waals surface area (Å²) in [5, 5.41) is 0. The van der Waals surface area contributed by atoms with E-state index in [1.54, 1.807) is 17.4 Å². The van der Waals surface area contributed by atoms with Gasteiger partial charge in [-0.05, 0) is 13.0 Å². The van der Waals surface area contributed by atoms with Crippen LogP contribution < -0.4 is 4.74 Å². The van der Waals surface area contributed by atoms with E-state index >= 15 is 0 Å². The number of aromatic nitrogens is 1. The Kier molecular flexibility index (Phi) is 3.68. The van der Waals surface area contributed by atoms with E-state index in [-0.39, 0.29) is 16.6 Å². The van der Waals surface area contributed by atoms with E-state index in [2.05, 4.69) is 4.98 Å². The molecule has 0 amide bonds. The van der Waals surface area contributed by atoms with E-state index in [1.807, 2.05) is 30.0 Å². The van der Waals surface area contributed by atoms with E-state index in [9.17, 15) is 8.42 Å². The molecule has 0 N–H and O–H groups in total. The third kappa shape index (κ3) is 2.66. The Balaban J connectivity index is 1.57. The van der Waals surface area contributed by atoms with Gasteiger partial charge in [-0.2, -0.15) is 4.31 Å². The van der Waals surface area contributed by atoms with Gasteiger partial charge in [-0.15, -0.1) is 11.8 Å². The number of hydrogen-bond acceptors (Lipinski definition) is 5. The van der Waals surface area contributed by atoms with Gasteiger partial charge in [0.05, 0.1) is 5.75 Å². The maximum atomic E-state index is 11.8. The third-order valence-electron chi connectivity index (χ3n) is 3.79. The monoisotopic (exact) mass is 314 g/mol. The van der Waals surface area contributed by atoms with Crippen molar-refractivity contribution in [3.63, 3.8) is 0 Å². The topological polar surface area (TPSA) is 59.5 Å². The molecule has 0 radical (unpaired) electrons. The zero-order chi connectivity index (χ0) is 14.2. The Morgan fingerprint density at radius 2 is 2.30 bits per heavy atom. The molecule has 5 nitrogen and oxygen atoms in total. The number of thioether (sulfide) groups is 1. The molecule has 2 aliphatic rings. The smallest absolute Gasteiger partial charge is 0.213 e. The fourth-order valence-electron chi connectivity index (χ4n) is 2.66. The molecule has 7 heteroatoms. The highest BCUT2D eigenvalue weighted by Crippen LogP contribution is 2.46. The number of pyridine rings is 1. The lowest BCUT2D eigenvalue weighted by atomic mass is 9.95. The first-order chi connectivity index (χ1) is 9.53. The highest BCUT2D eigenvalue weighted by atomic mass is 32.2. The van der Waals surface area contributed by atoms with Gasteiger partial charge < -0.3 is 4.74 Å². The van der Waals surface area contributed by atoms with Gasteiger partial charge in [-0.3, -0.25) is 0 Å². The molecule has 0 bridgehead atoms. The van der Waals surface area contributed by atoms with Crippen LogP contribution >= 0.6 is 11.8 Å². The maximum Gasteiger partial charge on any atom is 0.213 e. The van der Waals surface area contributed by atoms with Crippen LogP contribution in [0.15, 0.2) is 24.4 Å². The summed E-state index contributed by atoms with van der Waals surface area (Å²) in [7, 11) is -3.03. The van der Waals surface area contributed by atoms with Crippen molar-refractivity contribution in [2.75, 3.05) is 24.6 Å². The zero-order valence-electron chi connectivity index (χ0n) is 11.4. The molecule has 2 aliphatic heterocycles. The van der Waals surface area contributed by atoms with Crippen molar-refractivity contribution in [1.29, 1.82) is 0 Å². The van der Waals surface area contributed by atoms with Crippen molar-refractivity contribution in [3.8, 4) is 5.88 Å². The zero-order valence-corrected chi connectivity index (χ0v) is 13.0. The Hall–Kier alpha value is -0.790. The van der Waals surface area contributed by atoms with Crippen LogP contribution in [0.5, 0.6) is 5.88 Å². The summed E-state index contributed by atoms with van der Waals surface area (Å²) in [4.78, 5) is 4.16. The fraction of sp³-hybridized carbons (Fsp3) is 0.615. The molecule has 1 aromatic heterocycles. The molecule has 20 heavy (non-hydrogen) atoms. The highest BCUT2D eigenvalue weighted by Gasteiger charge is 2.52. The number of ether oxygens (including phenoxy) is 1. The Labute approximate surface area is 123 Å². The molecule has 1 aromatic rings. The summed E-state index contributed by atoms with van der Waals surface area (Å²) in [5.74, 6) is 1.73. The number of nitrogens with zero attached hydrogens (tertiary/aromatic N) is 2. The summed E-state index contributed by atoms with van der Waals surface area (Å²) in [6, 6.07) is 5.61. The quantitative estimate of drug-likeness (QED) is 0.840. The number of hydrogen-bond donors (Lipinski definition) is 0. The molecule has 0 aliphatic carbocycles. The molecule has 110 valence electrons. The molecule has 0 aromatic carbocycles. The minimum absolute atomic E-state index is 0.0572. The first-order valence-corrected chi connectivity index (χ1v) is 9.32. The molecule has 3 rings (SSSR count). The van der Waals surface area contributed by atoms with E-state index in [0.717, 1.165) is 12.2 Å². The molecular weight excluding hydrogens is 296 g/mol. The number of rotatable bonds is 4. The van der Waals surface area contributed by atoms with Crippen LogP contribution in [0.25, 0.3) is 0 Å². The molecule has 0 unspecified atom stereocenters. The minimum atomic E-state index is -3.03. The summed E-state index contributed by atoms with van der Waals surface area (Å²) >= 11 is 1.83. The van der Waals surface area contributed by atoms with Crippen molar-refractivity contribution in [3.05, 3.63) is 24.4 Å². The second-order valence-electron chi connectivity index (χ2n) is 5.27. The SMILES string of the molecule is CCS(=O)(=O)N1CC2(C[C@@H](Oc3ccccn3)CS2)C1. The van der Waals surface area contributed by atoms with E-state index < -0.39 is 10.0 Å². The molecule has 1 atom stereocenters. The number of sulfonamides is 1. The average molecular weight is 314 g/mol. The lowest BCUT2D eigenvalue weighted by Gasteiger charge is -2.46. The third-order valence-corrected chi connectivity index (χ3v) is 7.14. The summed E-state index contributed by atoms with van der Waals surface area (Å²) in [6.07, 6.45) is 2.73. The van der Waals surface area contributed by atoms with Gasteiger partial charge in [-0.1, -0.05) is 6.07 Å². The van der Waals surface area contributed by atoms with Crippen molar-refractivity contribution >= 4 is 21.8 Å². The van der Waals surface area contributed by atoms with Gasteiger partial charge in [0, 0.05) is 42.3 Å². The predicted octanol–water partition coefficient (Wildman–Crippen LogP) is 1.37. The molecule has 1 spiro atoms. The Bertz CT molecular complexity index is 571. The minimum Gasteiger partial charge on any atom is -0.473 e. The van der Waals surface area contributed by atoms with Crippen LogP contribution in [0, 0.1) is 0 Å². The normalized spacial score (nSPS) is 25.6. The van der Waals surface area contributed by atoms with Gasteiger partial charge >= 0.3 is 0 Å². The van der Waals surface area contributed by atoms with Crippen LogP contribution in [0.2, 0.25) is 0 Å². The molecular formula is C13H18N2O3S2. The largest absolute Gasteiger partial charge is 0.473 e. The second kappa shape index (κ2) is 5.20. The maximum absolute atomic E-state index is 11.8. The molecule has 2 fully saturated rings. The van der Waals surface area contributed by atoms with Crippen molar-refractivity contribution in [1.82, 2.24) is 9.29 Å². The van der Waals surface area contributed by atoms with Crippen molar-refractivity contribution in [2.24, 2.45) is 0 Å². The lowest BCUT2D eigenvalue weighted by Crippen LogP contribution is -2.61. The van der Waals surface area contributed by atoms with Crippen molar-refractivity contribution in [2.45, 2.75) is 24.2 Å². The van der Waals surface area contributed by atoms with Crippen molar-refractivity contribution < 1.29 is 13.2 Å². The van der Waals surface area contributed by atoms with E-state index in [4.69, 9.17) is 4.74 Å². The predicted molar refractivity (Wildman–Crippen MR) is 79.5 cm³/mol. The summed E-state index contributed by atoms with van der Waals surface area (Å²) in [6.45, 7) is 2.93. The standard InChI is InChI=1S/C13H18N2O3S2/c1-2-20(16,17)15-9-13(10-15)7-11(8-19-13)18-12-5-3-4-6-14-12/h3-6,11H,2,7-10H2,1H3/t11-/m1/s1. The van der Waals surface area contributed by atoms with Crippen LogP contribution in [-0.4, -0.2) is 53.2 Å². The lowest BCUT2D eigenvalue weighted by molar-refractivity contribution is 0.155. The van der Waals surface area contributed by atoms with Gasteiger partial charge in [0.2, 0.25) is 15.9 Å². The average Bonchev–Trinajstić information content (AvgIpc) is 2.82. The van der Waals surface area contributed by atoms with Gasteiger partial charge in [0.25, 0.3) is 0 Å². The highest BCUT2D eigenvalue weighted by molar-refractivity contribution is 8.01. The summed E-state index contributed by atoms with van der Waals surface area (Å²) < 4.78 is 31.0. The molecule has 0 saturated carbocycles.